The second-order valence-electron chi connectivity index (χ2n) is 5.96. The number of amides is 1. The van der Waals surface area contributed by atoms with Gasteiger partial charge in [0, 0.05) is 12.8 Å². The van der Waals surface area contributed by atoms with Crippen molar-refractivity contribution in [2.45, 2.75) is 71.6 Å². The Morgan fingerprint density at radius 3 is 2.29 bits per heavy atom. The van der Waals surface area contributed by atoms with Crippen LogP contribution < -0.4 is 10.7 Å². The molecular weight excluding hydrogens is 270 g/mol. The summed E-state index contributed by atoms with van der Waals surface area (Å²) < 4.78 is 5.09. The Labute approximate surface area is 127 Å². The molecule has 1 atom stereocenters. The third-order valence-corrected chi connectivity index (χ3v) is 2.80. The number of carbonyl (C=O) groups is 1. The van der Waals surface area contributed by atoms with Crippen molar-refractivity contribution in [1.29, 1.82) is 0 Å². The molecule has 122 valence electrons. The lowest BCUT2D eigenvalue weighted by molar-refractivity contribution is 0.0480. The zero-order chi connectivity index (χ0) is 16.5. The number of rotatable bonds is 4. The van der Waals surface area contributed by atoms with Crippen LogP contribution in [0.25, 0.3) is 0 Å². The third kappa shape index (κ3) is 9.90. The number of nitrogens with one attached hydrogen (secondary N) is 2. The number of allylic oxidation sites excluding steroid dienone is 1. The number of nitrogens with zero attached hydrogens (tertiary/aromatic N) is 1. The Hall–Kier alpha value is -1.56. The van der Waals surface area contributed by atoms with Crippen molar-refractivity contribution in [1.82, 2.24) is 10.7 Å². The van der Waals surface area contributed by atoms with Crippen molar-refractivity contribution in [3.8, 4) is 0 Å². The molecule has 1 aliphatic carbocycles. The number of aliphatic hydroxyl groups is 1. The van der Waals surface area contributed by atoms with Gasteiger partial charge in [-0.1, -0.05) is 6.08 Å². The Balaban J connectivity index is 0.000000400. The van der Waals surface area contributed by atoms with E-state index >= 15 is 0 Å². The molecule has 0 aliphatic heterocycles. The van der Waals surface area contributed by atoms with Gasteiger partial charge in [-0.3, -0.25) is 5.43 Å². The molecule has 1 rings (SSSR count). The van der Waals surface area contributed by atoms with Gasteiger partial charge in [0.2, 0.25) is 0 Å². The minimum atomic E-state index is -0.500. The summed E-state index contributed by atoms with van der Waals surface area (Å²) >= 11 is 0. The van der Waals surface area contributed by atoms with E-state index in [9.17, 15) is 4.79 Å². The summed E-state index contributed by atoms with van der Waals surface area (Å²) in [5.41, 5.74) is 2.85. The molecule has 1 saturated carbocycles. The van der Waals surface area contributed by atoms with E-state index in [0.717, 1.165) is 12.8 Å². The number of aliphatic hydroxyl groups excluding tert-OH is 1. The molecule has 0 saturated heterocycles. The highest BCUT2D eigenvalue weighted by atomic mass is 16.6. The van der Waals surface area contributed by atoms with Gasteiger partial charge in [-0.2, -0.15) is 5.10 Å². The van der Waals surface area contributed by atoms with Crippen LogP contribution in [0.3, 0.4) is 0 Å². The zero-order valence-corrected chi connectivity index (χ0v) is 13.8. The van der Waals surface area contributed by atoms with E-state index in [1.807, 2.05) is 27.7 Å². The van der Waals surface area contributed by atoms with Gasteiger partial charge >= 0.3 is 6.09 Å². The van der Waals surface area contributed by atoms with Crippen LogP contribution in [0.2, 0.25) is 0 Å². The minimum Gasteiger partial charge on any atom is -0.444 e. The largest absolute Gasteiger partial charge is 0.444 e. The molecule has 0 heterocycles. The average molecular weight is 299 g/mol. The van der Waals surface area contributed by atoms with Gasteiger partial charge in [0.05, 0.1) is 11.8 Å². The highest BCUT2D eigenvalue weighted by molar-refractivity contribution is 5.68. The number of ether oxygens (including phenoxy) is 1. The van der Waals surface area contributed by atoms with Crippen LogP contribution in [0.5, 0.6) is 0 Å². The van der Waals surface area contributed by atoms with E-state index in [1.165, 1.54) is 6.42 Å². The van der Waals surface area contributed by atoms with Crippen molar-refractivity contribution in [2.24, 2.45) is 5.10 Å². The van der Waals surface area contributed by atoms with Gasteiger partial charge in [0.15, 0.2) is 0 Å². The molecule has 0 radical (unpaired) electrons. The van der Waals surface area contributed by atoms with Crippen LogP contribution in [0.15, 0.2) is 16.9 Å². The van der Waals surface area contributed by atoms with Crippen LogP contribution >= 0.6 is 0 Å². The first-order chi connectivity index (χ1) is 9.69. The Morgan fingerprint density at radius 2 is 2.05 bits per heavy atom. The standard InChI is InChI=1S/C9H17NO2.C6H12N2O/c1-9(2,3)12-8(11)10-7-5-4-6-7;1-4-6(5(2)9)8-7-3/h7H,4-6H2,1-3H3,(H,10,11);4-5,8-9H,3H2,1-2H3/b;6-4-. The maximum Gasteiger partial charge on any atom is 0.407 e. The maximum atomic E-state index is 11.1. The Morgan fingerprint density at radius 1 is 1.48 bits per heavy atom. The number of hydrazone groups is 1. The molecule has 21 heavy (non-hydrogen) atoms. The predicted octanol–water partition coefficient (Wildman–Crippen LogP) is 2.54. The van der Waals surface area contributed by atoms with Crippen molar-refractivity contribution in [3.05, 3.63) is 11.8 Å². The Bertz CT molecular complexity index is 356. The lowest BCUT2D eigenvalue weighted by Crippen LogP contribution is -2.42. The fourth-order valence-corrected chi connectivity index (χ4v) is 1.52. The summed E-state index contributed by atoms with van der Waals surface area (Å²) in [6, 6.07) is 0.361. The molecule has 0 bridgehead atoms. The molecule has 1 fully saturated rings. The number of alkyl carbamates (subject to hydrolysis) is 1. The summed E-state index contributed by atoms with van der Waals surface area (Å²) in [4.78, 5) is 11.1. The molecular formula is C15H29N3O3. The second-order valence-corrected chi connectivity index (χ2v) is 5.96. The zero-order valence-electron chi connectivity index (χ0n) is 13.8. The van der Waals surface area contributed by atoms with Crippen molar-refractivity contribution >= 4 is 12.8 Å². The van der Waals surface area contributed by atoms with E-state index in [2.05, 4.69) is 22.6 Å². The normalized spacial score (nSPS) is 16.8. The van der Waals surface area contributed by atoms with Crippen LogP contribution in [0.4, 0.5) is 4.79 Å². The minimum absolute atomic E-state index is 0.285. The quantitative estimate of drug-likeness (QED) is 0.550. The smallest absolute Gasteiger partial charge is 0.407 e. The second kappa shape index (κ2) is 9.39. The van der Waals surface area contributed by atoms with Gasteiger partial charge < -0.3 is 15.2 Å². The first kappa shape index (κ1) is 19.4. The van der Waals surface area contributed by atoms with E-state index in [0.29, 0.717) is 11.7 Å². The van der Waals surface area contributed by atoms with E-state index in [-0.39, 0.29) is 11.7 Å². The summed E-state index contributed by atoms with van der Waals surface area (Å²) in [5.74, 6) is 0. The van der Waals surface area contributed by atoms with Crippen LogP contribution in [0, 0.1) is 0 Å². The summed E-state index contributed by atoms with van der Waals surface area (Å²) in [5, 5.41) is 15.1. The third-order valence-electron chi connectivity index (χ3n) is 2.80. The SMILES string of the molecule is C=NN/C(=C\C)C(C)O.CC(C)(C)OC(=O)NC1CCC1. The molecule has 1 amide bonds. The molecule has 1 unspecified atom stereocenters. The van der Waals surface area contributed by atoms with Gasteiger partial charge in [0.25, 0.3) is 0 Å². The fraction of sp³-hybridized carbons (Fsp3) is 0.733. The number of hydrogen-bond acceptors (Lipinski definition) is 5. The molecule has 0 aromatic heterocycles. The van der Waals surface area contributed by atoms with Crippen molar-refractivity contribution in [3.63, 3.8) is 0 Å². The van der Waals surface area contributed by atoms with E-state index < -0.39 is 6.10 Å². The number of hydrogen-bond donors (Lipinski definition) is 3. The highest BCUT2D eigenvalue weighted by Crippen LogP contribution is 2.18. The van der Waals surface area contributed by atoms with Gasteiger partial charge in [-0.25, -0.2) is 4.79 Å². The van der Waals surface area contributed by atoms with Gasteiger partial charge in [-0.05, 0) is 53.9 Å². The van der Waals surface area contributed by atoms with E-state index in [1.54, 1.807) is 13.0 Å². The average Bonchev–Trinajstić information content (AvgIpc) is 2.29. The molecule has 6 nitrogen and oxygen atoms in total. The fourth-order valence-electron chi connectivity index (χ4n) is 1.52. The summed E-state index contributed by atoms with van der Waals surface area (Å²) in [7, 11) is 0. The van der Waals surface area contributed by atoms with Crippen molar-refractivity contribution < 1.29 is 14.6 Å². The summed E-state index contributed by atoms with van der Waals surface area (Å²) in [6.07, 6.45) is 4.38. The molecule has 0 spiro atoms. The predicted molar refractivity (Wildman–Crippen MR) is 85.1 cm³/mol. The van der Waals surface area contributed by atoms with Crippen molar-refractivity contribution in [2.75, 3.05) is 0 Å². The molecule has 0 aromatic carbocycles. The molecule has 6 heteroatoms. The number of carbonyl (C=O) groups excluding carboxylic acids is 1. The molecule has 0 aromatic rings. The van der Waals surface area contributed by atoms with Crippen LogP contribution in [0.1, 0.15) is 53.9 Å². The Kier molecular flexibility index (Phi) is 8.69. The lowest BCUT2D eigenvalue weighted by Gasteiger charge is -2.28. The molecule has 3 N–H and O–H groups in total. The summed E-state index contributed by atoms with van der Waals surface area (Å²) in [6.45, 7) is 12.3. The maximum absolute atomic E-state index is 11.1. The first-order valence-corrected chi connectivity index (χ1v) is 7.25. The highest BCUT2D eigenvalue weighted by Gasteiger charge is 2.22. The first-order valence-electron chi connectivity index (χ1n) is 7.25. The van der Waals surface area contributed by atoms with Gasteiger partial charge in [0.1, 0.15) is 5.60 Å². The van der Waals surface area contributed by atoms with Crippen LogP contribution in [-0.4, -0.2) is 35.7 Å². The van der Waals surface area contributed by atoms with E-state index in [4.69, 9.17) is 9.84 Å². The topological polar surface area (TPSA) is 83.0 Å². The van der Waals surface area contributed by atoms with Crippen LogP contribution in [-0.2, 0) is 4.74 Å². The lowest BCUT2D eigenvalue weighted by atomic mass is 9.93. The molecule has 1 aliphatic rings. The monoisotopic (exact) mass is 299 g/mol. The van der Waals surface area contributed by atoms with Gasteiger partial charge in [-0.15, -0.1) is 0 Å².